The summed E-state index contributed by atoms with van der Waals surface area (Å²) in [6.45, 7) is 0.760. The highest BCUT2D eigenvalue weighted by Crippen LogP contribution is 2.24. The zero-order chi connectivity index (χ0) is 18.2. The second-order valence-corrected chi connectivity index (χ2v) is 6.01. The predicted octanol–water partition coefficient (Wildman–Crippen LogP) is 3.09. The molecule has 0 heterocycles. The number of nitrogens with one attached hydrogen (secondary N) is 2. The summed E-state index contributed by atoms with van der Waals surface area (Å²) in [5, 5.41) is 5.33. The topological polar surface area (TPSA) is 76.7 Å². The average molecular weight is 407 g/mol. The number of hydrogen-bond acceptors (Lipinski definition) is 4. The van der Waals surface area contributed by atoms with Gasteiger partial charge < -0.3 is 20.1 Å². The first-order valence-corrected chi connectivity index (χ1v) is 8.39. The second-order valence-electron chi connectivity index (χ2n) is 5.10. The number of carbonyl (C=O) groups excluding carboxylic acids is 2. The summed E-state index contributed by atoms with van der Waals surface area (Å²) in [7, 11) is 3.14. The van der Waals surface area contributed by atoms with Crippen molar-refractivity contribution in [1.82, 2.24) is 5.32 Å². The van der Waals surface area contributed by atoms with Gasteiger partial charge in [-0.25, -0.2) is 0 Å². The molecule has 2 rings (SSSR count). The number of carbonyl (C=O) groups is 2. The van der Waals surface area contributed by atoms with Crippen LogP contribution in [-0.2, 0) is 4.74 Å². The third kappa shape index (κ3) is 5.30. The minimum atomic E-state index is -0.331. The van der Waals surface area contributed by atoms with Crippen LogP contribution < -0.4 is 15.4 Å². The Bertz CT molecular complexity index is 764. The van der Waals surface area contributed by atoms with E-state index in [1.807, 2.05) is 0 Å². The minimum Gasteiger partial charge on any atom is -0.490 e. The monoisotopic (exact) mass is 406 g/mol. The molecule has 25 heavy (non-hydrogen) atoms. The smallest absolute Gasteiger partial charge is 0.259 e. The highest BCUT2D eigenvalue weighted by molar-refractivity contribution is 9.10. The van der Waals surface area contributed by atoms with E-state index in [1.165, 1.54) is 0 Å². The number of halogens is 1. The van der Waals surface area contributed by atoms with Gasteiger partial charge in [0.05, 0.1) is 12.2 Å². The van der Waals surface area contributed by atoms with Gasteiger partial charge in [0.2, 0.25) is 0 Å². The molecule has 2 amide bonds. The van der Waals surface area contributed by atoms with Crippen molar-refractivity contribution in [3.05, 3.63) is 58.1 Å². The van der Waals surface area contributed by atoms with Crippen molar-refractivity contribution in [3.8, 4) is 5.75 Å². The van der Waals surface area contributed by atoms with E-state index >= 15 is 0 Å². The number of anilines is 1. The van der Waals surface area contributed by atoms with Crippen LogP contribution in [0.4, 0.5) is 5.69 Å². The van der Waals surface area contributed by atoms with Gasteiger partial charge in [-0.3, -0.25) is 9.59 Å². The lowest BCUT2D eigenvalue weighted by atomic mass is 10.1. The number of rotatable bonds is 7. The lowest BCUT2D eigenvalue weighted by Crippen LogP contribution is -2.19. The first-order valence-electron chi connectivity index (χ1n) is 7.60. The van der Waals surface area contributed by atoms with Crippen LogP contribution in [0.2, 0.25) is 0 Å². The predicted molar refractivity (Wildman–Crippen MR) is 99.3 cm³/mol. The Morgan fingerprint density at radius 3 is 2.60 bits per heavy atom. The zero-order valence-electron chi connectivity index (χ0n) is 14.0. The summed E-state index contributed by atoms with van der Waals surface area (Å²) in [6, 6.07) is 11.9. The molecule has 0 bridgehead atoms. The van der Waals surface area contributed by atoms with Gasteiger partial charge in [0.1, 0.15) is 12.4 Å². The molecular weight excluding hydrogens is 388 g/mol. The largest absolute Gasteiger partial charge is 0.490 e. The van der Waals surface area contributed by atoms with E-state index in [2.05, 4.69) is 26.6 Å². The lowest BCUT2D eigenvalue weighted by molar-refractivity contribution is 0.0961. The van der Waals surface area contributed by atoms with Crippen LogP contribution in [0.15, 0.2) is 46.9 Å². The van der Waals surface area contributed by atoms with Gasteiger partial charge in [-0.15, -0.1) is 0 Å². The summed E-state index contributed by atoms with van der Waals surface area (Å²) in [4.78, 5) is 24.3. The summed E-state index contributed by atoms with van der Waals surface area (Å²) < 4.78 is 11.3. The fourth-order valence-electron chi connectivity index (χ4n) is 2.12. The van der Waals surface area contributed by atoms with Gasteiger partial charge in [0, 0.05) is 29.9 Å². The Balaban J connectivity index is 2.20. The maximum atomic E-state index is 12.6. The van der Waals surface area contributed by atoms with Crippen molar-refractivity contribution in [2.45, 2.75) is 0 Å². The zero-order valence-corrected chi connectivity index (χ0v) is 15.6. The van der Waals surface area contributed by atoms with Crippen LogP contribution in [0, 0.1) is 0 Å². The molecule has 0 radical (unpaired) electrons. The summed E-state index contributed by atoms with van der Waals surface area (Å²) >= 11 is 3.36. The fraction of sp³-hybridized carbons (Fsp3) is 0.222. The minimum absolute atomic E-state index is 0.220. The SMILES string of the molecule is CNC(=O)c1cccc(NC(=O)c2cc(Br)ccc2OCCOC)c1. The molecule has 2 aromatic rings. The van der Waals surface area contributed by atoms with Crippen LogP contribution in [0.5, 0.6) is 5.75 Å². The van der Waals surface area contributed by atoms with E-state index < -0.39 is 0 Å². The van der Waals surface area contributed by atoms with Crippen molar-refractivity contribution < 1.29 is 19.1 Å². The van der Waals surface area contributed by atoms with Crippen LogP contribution in [0.1, 0.15) is 20.7 Å². The first-order chi connectivity index (χ1) is 12.0. The average Bonchev–Trinajstić information content (AvgIpc) is 2.62. The van der Waals surface area contributed by atoms with E-state index in [0.29, 0.717) is 35.8 Å². The summed E-state index contributed by atoms with van der Waals surface area (Å²) in [6.07, 6.45) is 0. The molecule has 0 spiro atoms. The maximum absolute atomic E-state index is 12.6. The summed E-state index contributed by atoms with van der Waals surface area (Å²) in [5.41, 5.74) is 1.37. The molecule has 0 aliphatic rings. The highest BCUT2D eigenvalue weighted by atomic mass is 79.9. The molecule has 0 saturated heterocycles. The van der Waals surface area contributed by atoms with Gasteiger partial charge in [0.15, 0.2) is 0 Å². The molecule has 0 unspecified atom stereocenters. The Kier molecular flexibility index (Phi) is 6.97. The molecule has 0 fully saturated rings. The molecule has 2 aromatic carbocycles. The van der Waals surface area contributed by atoms with Gasteiger partial charge in [0.25, 0.3) is 11.8 Å². The molecule has 0 atom stereocenters. The summed E-state index contributed by atoms with van der Waals surface area (Å²) in [5.74, 6) is -0.0925. The quantitative estimate of drug-likeness (QED) is 0.692. The van der Waals surface area contributed by atoms with Crippen LogP contribution >= 0.6 is 15.9 Å². The number of methoxy groups -OCH3 is 1. The molecule has 0 saturated carbocycles. The maximum Gasteiger partial charge on any atom is 0.259 e. The van der Waals surface area contributed by atoms with E-state index in [9.17, 15) is 9.59 Å². The number of ether oxygens (including phenoxy) is 2. The van der Waals surface area contributed by atoms with Crippen LogP contribution in [0.25, 0.3) is 0 Å². The molecule has 0 aromatic heterocycles. The van der Waals surface area contributed by atoms with Gasteiger partial charge in [-0.2, -0.15) is 0 Å². The van der Waals surface area contributed by atoms with Crippen molar-refractivity contribution in [2.24, 2.45) is 0 Å². The van der Waals surface area contributed by atoms with Crippen molar-refractivity contribution in [2.75, 3.05) is 32.7 Å². The molecule has 6 nitrogen and oxygen atoms in total. The van der Waals surface area contributed by atoms with Gasteiger partial charge in [-0.05, 0) is 36.4 Å². The molecule has 0 aliphatic carbocycles. The van der Waals surface area contributed by atoms with Crippen molar-refractivity contribution >= 4 is 33.4 Å². The number of amides is 2. The normalized spacial score (nSPS) is 10.2. The number of benzene rings is 2. The van der Waals surface area contributed by atoms with Crippen molar-refractivity contribution in [1.29, 1.82) is 0 Å². The first kappa shape index (κ1) is 19.0. The molecule has 0 aliphatic heterocycles. The highest BCUT2D eigenvalue weighted by Gasteiger charge is 2.14. The van der Waals surface area contributed by atoms with E-state index in [-0.39, 0.29) is 11.8 Å². The molecular formula is C18H19BrN2O4. The van der Waals surface area contributed by atoms with E-state index in [1.54, 1.807) is 56.6 Å². The van der Waals surface area contributed by atoms with Crippen LogP contribution in [-0.4, -0.2) is 39.2 Å². The Morgan fingerprint density at radius 1 is 1.08 bits per heavy atom. The second kappa shape index (κ2) is 9.19. The molecule has 7 heteroatoms. The van der Waals surface area contributed by atoms with E-state index in [0.717, 1.165) is 4.47 Å². The Hall–Kier alpha value is -2.38. The molecule has 132 valence electrons. The number of hydrogen-bond donors (Lipinski definition) is 2. The van der Waals surface area contributed by atoms with E-state index in [4.69, 9.17) is 9.47 Å². The Labute approximate surface area is 154 Å². The Morgan fingerprint density at radius 2 is 1.88 bits per heavy atom. The third-order valence-electron chi connectivity index (χ3n) is 3.34. The fourth-order valence-corrected chi connectivity index (χ4v) is 2.48. The third-order valence-corrected chi connectivity index (χ3v) is 3.83. The van der Waals surface area contributed by atoms with Gasteiger partial charge in [-0.1, -0.05) is 22.0 Å². The van der Waals surface area contributed by atoms with Gasteiger partial charge >= 0.3 is 0 Å². The lowest BCUT2D eigenvalue weighted by Gasteiger charge is -2.12. The van der Waals surface area contributed by atoms with Crippen LogP contribution in [0.3, 0.4) is 0 Å². The standard InChI is InChI=1S/C18H19BrN2O4/c1-20-17(22)12-4-3-5-14(10-12)21-18(23)15-11-13(19)6-7-16(15)25-9-8-24-2/h3-7,10-11H,8-9H2,1-2H3,(H,20,22)(H,21,23). The van der Waals surface area contributed by atoms with Crippen molar-refractivity contribution in [3.63, 3.8) is 0 Å². The molecule has 2 N–H and O–H groups in total.